The van der Waals surface area contributed by atoms with E-state index in [9.17, 15) is 19.5 Å². The van der Waals surface area contributed by atoms with Gasteiger partial charge >= 0.3 is 17.9 Å². The third-order valence-electron chi connectivity index (χ3n) is 3.26. The summed E-state index contributed by atoms with van der Waals surface area (Å²) in [4.78, 5) is 34.7. The average Bonchev–Trinajstić information content (AvgIpc) is 2.49. The number of aliphatic carboxylic acids is 2. The van der Waals surface area contributed by atoms with Gasteiger partial charge in [0.1, 0.15) is 12.0 Å². The SMILES string of the molecule is C=C(C(=O)O)C(CCOCC)(CC(=O)OCCOCC)C(=O)O. The molecule has 0 bridgehead atoms. The smallest absolute Gasteiger partial charge is 0.332 e. The fourth-order valence-corrected chi connectivity index (χ4v) is 1.91. The number of hydrogen-bond acceptors (Lipinski definition) is 6. The van der Waals surface area contributed by atoms with Gasteiger partial charge in [-0.25, -0.2) is 4.79 Å². The maximum atomic E-state index is 11.9. The van der Waals surface area contributed by atoms with Gasteiger partial charge in [0.15, 0.2) is 0 Å². The molecule has 0 aliphatic carbocycles. The number of carbonyl (C=O) groups is 3. The number of carboxylic acids is 2. The Balaban J connectivity index is 5.07. The van der Waals surface area contributed by atoms with Gasteiger partial charge in [0, 0.05) is 25.4 Å². The Hall–Kier alpha value is -1.93. The van der Waals surface area contributed by atoms with Crippen molar-refractivity contribution < 1.29 is 38.8 Å². The summed E-state index contributed by atoms with van der Waals surface area (Å²) in [6.07, 6.45) is -0.825. The highest BCUT2D eigenvalue weighted by atomic mass is 16.6. The van der Waals surface area contributed by atoms with E-state index in [-0.39, 0.29) is 26.2 Å². The van der Waals surface area contributed by atoms with Gasteiger partial charge < -0.3 is 24.4 Å². The van der Waals surface area contributed by atoms with Crippen molar-refractivity contribution >= 4 is 17.9 Å². The highest BCUT2D eigenvalue weighted by molar-refractivity contribution is 5.98. The maximum absolute atomic E-state index is 11.9. The molecule has 0 aliphatic heterocycles. The Morgan fingerprint density at radius 1 is 1.00 bits per heavy atom. The molecular weight excluding hydrogens is 308 g/mol. The van der Waals surface area contributed by atoms with Gasteiger partial charge in [-0.15, -0.1) is 0 Å². The van der Waals surface area contributed by atoms with Gasteiger partial charge in [0.25, 0.3) is 0 Å². The minimum atomic E-state index is -1.97. The monoisotopic (exact) mass is 332 g/mol. The first-order chi connectivity index (χ1) is 10.8. The first kappa shape index (κ1) is 21.1. The molecule has 0 aromatic rings. The predicted octanol–water partition coefficient (Wildman–Crippen LogP) is 1.09. The zero-order valence-electron chi connectivity index (χ0n) is 13.5. The van der Waals surface area contributed by atoms with Crippen LogP contribution in [0.5, 0.6) is 0 Å². The zero-order chi connectivity index (χ0) is 17.9. The van der Waals surface area contributed by atoms with Crippen molar-refractivity contribution in [2.75, 3.05) is 33.0 Å². The van der Waals surface area contributed by atoms with Crippen LogP contribution in [0.15, 0.2) is 12.2 Å². The Morgan fingerprint density at radius 3 is 2.04 bits per heavy atom. The molecule has 0 aliphatic rings. The Kier molecular flexibility index (Phi) is 9.84. The van der Waals surface area contributed by atoms with E-state index in [1.165, 1.54) is 0 Å². The summed E-state index contributed by atoms with van der Waals surface area (Å²) in [5.74, 6) is -3.76. The fraction of sp³-hybridized carbons (Fsp3) is 0.667. The van der Waals surface area contributed by atoms with Crippen molar-refractivity contribution in [1.82, 2.24) is 0 Å². The quantitative estimate of drug-likeness (QED) is 0.292. The first-order valence-corrected chi connectivity index (χ1v) is 7.29. The predicted molar refractivity (Wildman–Crippen MR) is 80.0 cm³/mol. The molecule has 0 saturated carbocycles. The fourth-order valence-electron chi connectivity index (χ4n) is 1.91. The molecule has 0 aromatic heterocycles. The molecule has 0 heterocycles. The molecule has 0 saturated heterocycles. The Morgan fingerprint density at radius 2 is 1.57 bits per heavy atom. The summed E-state index contributed by atoms with van der Waals surface area (Å²) in [6, 6.07) is 0. The lowest BCUT2D eigenvalue weighted by Crippen LogP contribution is -2.39. The van der Waals surface area contributed by atoms with Crippen molar-refractivity contribution in [3.05, 3.63) is 12.2 Å². The van der Waals surface area contributed by atoms with Crippen LogP contribution in [0.1, 0.15) is 26.7 Å². The summed E-state index contributed by atoms with van der Waals surface area (Å²) >= 11 is 0. The second-order valence-electron chi connectivity index (χ2n) is 4.71. The molecule has 0 spiro atoms. The molecule has 0 fully saturated rings. The maximum Gasteiger partial charge on any atom is 0.332 e. The van der Waals surface area contributed by atoms with Crippen LogP contribution in [-0.4, -0.2) is 61.2 Å². The number of carbonyl (C=O) groups excluding carboxylic acids is 1. The van der Waals surface area contributed by atoms with Crippen molar-refractivity contribution in [3.8, 4) is 0 Å². The van der Waals surface area contributed by atoms with Crippen LogP contribution < -0.4 is 0 Å². The third-order valence-corrected chi connectivity index (χ3v) is 3.26. The summed E-state index contributed by atoms with van der Waals surface area (Å²) in [5.41, 5.74) is -2.55. The molecule has 8 heteroatoms. The highest BCUT2D eigenvalue weighted by Gasteiger charge is 2.46. The van der Waals surface area contributed by atoms with Gasteiger partial charge in [0.2, 0.25) is 0 Å². The van der Waals surface area contributed by atoms with Crippen molar-refractivity contribution in [2.24, 2.45) is 5.41 Å². The lowest BCUT2D eigenvalue weighted by molar-refractivity contribution is -0.159. The second-order valence-corrected chi connectivity index (χ2v) is 4.71. The summed E-state index contributed by atoms with van der Waals surface area (Å²) < 4.78 is 15.0. The van der Waals surface area contributed by atoms with E-state index in [1.807, 2.05) is 0 Å². The first-order valence-electron chi connectivity index (χ1n) is 7.29. The average molecular weight is 332 g/mol. The van der Waals surface area contributed by atoms with E-state index >= 15 is 0 Å². The number of ether oxygens (including phenoxy) is 3. The Labute approximate surface area is 135 Å². The molecule has 1 atom stereocenters. The normalized spacial score (nSPS) is 13.1. The zero-order valence-corrected chi connectivity index (χ0v) is 13.5. The van der Waals surface area contributed by atoms with E-state index < -0.39 is 35.3 Å². The van der Waals surface area contributed by atoms with Gasteiger partial charge in [-0.2, -0.15) is 0 Å². The van der Waals surface area contributed by atoms with Gasteiger partial charge in [-0.05, 0) is 20.3 Å². The molecule has 1 unspecified atom stereocenters. The Bertz CT molecular complexity index is 431. The molecule has 2 N–H and O–H groups in total. The van der Waals surface area contributed by atoms with Crippen LogP contribution in [0.2, 0.25) is 0 Å². The summed E-state index contributed by atoms with van der Waals surface area (Å²) in [7, 11) is 0. The number of carboxylic acid groups (broad SMARTS) is 2. The standard InChI is InChI=1S/C15H24O8/c1-4-21-7-6-15(14(19)20,11(3)13(17)18)10-12(16)23-9-8-22-5-2/h3-10H2,1-2H3,(H,17,18)(H,19,20). The lowest BCUT2D eigenvalue weighted by atomic mass is 9.75. The minimum Gasteiger partial charge on any atom is -0.481 e. The van der Waals surface area contributed by atoms with E-state index in [2.05, 4.69) is 6.58 Å². The third kappa shape index (κ3) is 6.79. The van der Waals surface area contributed by atoms with Crippen LogP contribution in [0, 0.1) is 5.41 Å². The van der Waals surface area contributed by atoms with Gasteiger partial charge in [-0.1, -0.05) is 6.58 Å². The molecule has 132 valence electrons. The number of hydrogen-bond donors (Lipinski definition) is 2. The molecule has 0 amide bonds. The highest BCUT2D eigenvalue weighted by Crippen LogP contribution is 2.35. The van der Waals surface area contributed by atoms with Crippen LogP contribution in [-0.2, 0) is 28.6 Å². The number of esters is 1. The lowest BCUT2D eigenvalue weighted by Gasteiger charge is -2.28. The molecule has 8 nitrogen and oxygen atoms in total. The minimum absolute atomic E-state index is 0.0126. The number of rotatable bonds is 13. The van der Waals surface area contributed by atoms with E-state index in [1.54, 1.807) is 13.8 Å². The molecule has 0 radical (unpaired) electrons. The van der Waals surface area contributed by atoms with Gasteiger partial charge in [-0.3, -0.25) is 9.59 Å². The van der Waals surface area contributed by atoms with Crippen LogP contribution in [0.25, 0.3) is 0 Å². The van der Waals surface area contributed by atoms with Crippen molar-refractivity contribution in [2.45, 2.75) is 26.7 Å². The second kappa shape index (κ2) is 10.7. The molecule has 0 rings (SSSR count). The molecular formula is C15H24O8. The van der Waals surface area contributed by atoms with E-state index in [0.29, 0.717) is 13.2 Å². The van der Waals surface area contributed by atoms with Crippen molar-refractivity contribution in [3.63, 3.8) is 0 Å². The van der Waals surface area contributed by atoms with E-state index in [0.717, 1.165) is 0 Å². The van der Waals surface area contributed by atoms with Crippen molar-refractivity contribution in [1.29, 1.82) is 0 Å². The molecule has 0 aromatic carbocycles. The van der Waals surface area contributed by atoms with Crippen LogP contribution >= 0.6 is 0 Å². The van der Waals surface area contributed by atoms with Crippen LogP contribution in [0.4, 0.5) is 0 Å². The summed E-state index contributed by atoms with van der Waals surface area (Å²) in [6.45, 7) is 7.75. The molecule has 23 heavy (non-hydrogen) atoms. The van der Waals surface area contributed by atoms with Crippen LogP contribution in [0.3, 0.4) is 0 Å². The van der Waals surface area contributed by atoms with E-state index in [4.69, 9.17) is 19.3 Å². The largest absolute Gasteiger partial charge is 0.481 e. The summed E-state index contributed by atoms with van der Waals surface area (Å²) in [5, 5.41) is 18.6. The topological polar surface area (TPSA) is 119 Å². The van der Waals surface area contributed by atoms with Gasteiger partial charge in [0.05, 0.1) is 13.0 Å².